The largest absolute Gasteiger partial charge is 0.490 e. The summed E-state index contributed by atoms with van der Waals surface area (Å²) >= 11 is 0. The van der Waals surface area contributed by atoms with Crippen LogP contribution >= 0.6 is 0 Å². The highest BCUT2D eigenvalue weighted by molar-refractivity contribution is 6.03. The van der Waals surface area contributed by atoms with Crippen molar-refractivity contribution in [3.63, 3.8) is 0 Å². The number of rotatable bonds is 13. The van der Waals surface area contributed by atoms with Crippen molar-refractivity contribution < 1.29 is 41.0 Å². The molecule has 1 heterocycles. The van der Waals surface area contributed by atoms with Gasteiger partial charge in [0, 0.05) is 72.0 Å². The van der Waals surface area contributed by atoms with E-state index in [0.717, 1.165) is 50.0 Å². The summed E-state index contributed by atoms with van der Waals surface area (Å²) in [4.78, 5) is 29.2. The third kappa shape index (κ3) is 8.77. The van der Waals surface area contributed by atoms with Gasteiger partial charge in [0.1, 0.15) is 61.4 Å². The third-order valence-corrected chi connectivity index (χ3v) is 9.54. The number of azide groups is 1. The number of nitrogens with zero attached hydrogens (tertiary/aromatic N) is 5. The molecule has 0 saturated heterocycles. The Hall–Kier alpha value is -7.06. The number of amides is 2. The van der Waals surface area contributed by atoms with E-state index in [4.69, 9.17) is 19.4 Å². The molecule has 0 bridgehead atoms. The molecule has 0 fully saturated rings. The summed E-state index contributed by atoms with van der Waals surface area (Å²) in [6, 6.07) is 23.2. The molecular weight excluding hydrogens is 771 g/mol. The van der Waals surface area contributed by atoms with E-state index < -0.39 is 46.3 Å². The number of benzene rings is 5. The highest BCUT2D eigenvalue weighted by Crippen LogP contribution is 2.42. The maximum absolute atomic E-state index is 14.3. The summed E-state index contributed by atoms with van der Waals surface area (Å²) < 4.78 is 77.4. The first-order valence-corrected chi connectivity index (χ1v) is 18.3. The van der Waals surface area contributed by atoms with Crippen LogP contribution in [-0.4, -0.2) is 66.3 Å². The first-order chi connectivity index (χ1) is 28.2. The van der Waals surface area contributed by atoms with Crippen LogP contribution in [-0.2, 0) is 0 Å². The Kier molecular flexibility index (Phi) is 12.4. The second-order valence-electron chi connectivity index (χ2n) is 14.0. The molecule has 0 aromatic heterocycles. The van der Waals surface area contributed by atoms with E-state index in [9.17, 15) is 27.2 Å². The SMILES string of the molecule is Cc1cc(C(=O)NCCNC(=O)c2c(F)c(F)c(N=[N+]=[N-])c(F)c2F)ccc1OCCOc1cc(-c2c3ccc(=[N+](C)C)cc-3oc3cc(N(C)C)ccc23)ccc1C. The summed E-state index contributed by atoms with van der Waals surface area (Å²) in [5.41, 5.74) is 11.9. The van der Waals surface area contributed by atoms with E-state index in [1.165, 1.54) is 6.07 Å². The summed E-state index contributed by atoms with van der Waals surface area (Å²) in [5, 5.41) is 9.20. The van der Waals surface area contributed by atoms with Gasteiger partial charge in [-0.2, -0.15) is 0 Å². The molecule has 0 saturated carbocycles. The average molecular weight is 811 g/mol. The number of ether oxygens (including phenoxy) is 2. The van der Waals surface area contributed by atoms with Gasteiger partial charge in [0.2, 0.25) is 5.36 Å². The van der Waals surface area contributed by atoms with Crippen molar-refractivity contribution in [2.24, 2.45) is 5.11 Å². The van der Waals surface area contributed by atoms with Crippen molar-refractivity contribution in [3.05, 3.63) is 134 Å². The molecule has 304 valence electrons. The van der Waals surface area contributed by atoms with E-state index in [2.05, 4.69) is 51.0 Å². The van der Waals surface area contributed by atoms with E-state index in [0.29, 0.717) is 17.1 Å². The van der Waals surface area contributed by atoms with Gasteiger partial charge < -0.3 is 29.4 Å². The number of anilines is 1. The molecule has 2 N–H and O–H groups in total. The Bertz CT molecular complexity index is 2680. The fraction of sp³-hybridized carbons (Fsp3) is 0.233. The molecule has 4 aromatic rings. The van der Waals surface area contributed by atoms with Crippen LogP contribution in [0.1, 0.15) is 31.8 Å². The molecule has 0 atom stereocenters. The van der Waals surface area contributed by atoms with E-state index in [1.807, 2.05) is 68.9 Å². The summed E-state index contributed by atoms with van der Waals surface area (Å²) in [6.07, 6.45) is 0. The Morgan fingerprint density at radius 3 is 2.12 bits per heavy atom. The van der Waals surface area contributed by atoms with Gasteiger partial charge >= 0.3 is 0 Å². The molecule has 16 heteroatoms. The molecule has 59 heavy (non-hydrogen) atoms. The van der Waals surface area contributed by atoms with Gasteiger partial charge in [0.05, 0.1) is 6.07 Å². The molecule has 0 radical (unpaired) electrons. The molecule has 6 rings (SSSR count). The number of carbonyl (C=O) groups excluding carboxylic acids is 2. The number of nitrogens with one attached hydrogen (secondary N) is 2. The fourth-order valence-electron chi connectivity index (χ4n) is 6.40. The zero-order chi connectivity index (χ0) is 42.5. The van der Waals surface area contributed by atoms with Crippen molar-refractivity contribution in [1.29, 1.82) is 0 Å². The lowest BCUT2D eigenvalue weighted by atomic mass is 9.93. The number of fused-ring (bicyclic) bond motifs is 2. The summed E-state index contributed by atoms with van der Waals surface area (Å²) in [6.45, 7) is 3.64. The fourth-order valence-corrected chi connectivity index (χ4v) is 6.40. The van der Waals surface area contributed by atoms with Crippen molar-refractivity contribution in [3.8, 4) is 33.9 Å². The van der Waals surface area contributed by atoms with Crippen LogP contribution in [0.4, 0.5) is 28.9 Å². The minimum atomic E-state index is -2.03. The van der Waals surface area contributed by atoms with Crippen LogP contribution < -0.4 is 34.9 Å². The van der Waals surface area contributed by atoms with Gasteiger partial charge in [-0.05, 0) is 78.5 Å². The molecule has 0 spiro atoms. The minimum Gasteiger partial charge on any atom is -0.490 e. The lowest BCUT2D eigenvalue weighted by molar-refractivity contribution is 0.0921. The van der Waals surface area contributed by atoms with Gasteiger partial charge in [0.25, 0.3) is 11.8 Å². The molecule has 1 aliphatic carbocycles. The molecule has 4 aromatic carbocycles. The number of hydrogen-bond donors (Lipinski definition) is 2. The predicted octanol–water partition coefficient (Wildman–Crippen LogP) is 8.04. The molecule has 2 aliphatic rings. The van der Waals surface area contributed by atoms with E-state index in [-0.39, 0.29) is 31.9 Å². The molecule has 1 aliphatic heterocycles. The van der Waals surface area contributed by atoms with Crippen LogP contribution in [0.25, 0.3) is 43.9 Å². The average Bonchev–Trinajstić information content (AvgIpc) is 3.21. The Balaban J connectivity index is 1.07. The molecule has 2 amide bonds. The second kappa shape index (κ2) is 17.6. The monoisotopic (exact) mass is 810 g/mol. The normalized spacial score (nSPS) is 10.9. The van der Waals surface area contributed by atoms with E-state index in [1.54, 1.807) is 19.1 Å². The van der Waals surface area contributed by atoms with E-state index >= 15 is 0 Å². The molecule has 0 unspecified atom stereocenters. The predicted molar refractivity (Wildman–Crippen MR) is 216 cm³/mol. The third-order valence-electron chi connectivity index (χ3n) is 9.54. The number of halogens is 4. The van der Waals surface area contributed by atoms with Crippen LogP contribution in [0.2, 0.25) is 0 Å². The standard InChI is InChI=1S/C43H39F4N7O5/c1-23-7-8-25(35-29-12-10-27(53(3)4)21-33(29)59-34-22-28(54(5)6)11-13-30(34)35)20-32(23)58-18-17-57-31-14-9-26(19-24(31)2)42(55)49-15-16-50-43(56)36-37(44)39(46)41(51-52-48)40(47)38(36)45/h7-14,19-22H,15-18H2,1-6H3,(H-,49,50,55,56)/p+1. The van der Waals surface area contributed by atoms with Gasteiger partial charge in [-0.25, -0.2) is 22.1 Å². The van der Waals surface area contributed by atoms with Crippen LogP contribution in [0.5, 0.6) is 11.5 Å². The number of hydrogen-bond acceptors (Lipinski definition) is 7. The zero-order valence-electron chi connectivity index (χ0n) is 33.0. The Morgan fingerprint density at radius 2 is 1.47 bits per heavy atom. The Morgan fingerprint density at radius 1 is 0.797 bits per heavy atom. The van der Waals surface area contributed by atoms with Gasteiger partial charge in [-0.1, -0.05) is 17.2 Å². The Labute approximate surface area is 336 Å². The quantitative estimate of drug-likeness (QED) is 0.0177. The van der Waals surface area contributed by atoms with Gasteiger partial charge in [0.15, 0.2) is 23.3 Å². The van der Waals surface area contributed by atoms with Crippen LogP contribution in [0.3, 0.4) is 0 Å². The highest BCUT2D eigenvalue weighted by atomic mass is 19.2. The lowest BCUT2D eigenvalue weighted by Crippen LogP contribution is -2.35. The lowest BCUT2D eigenvalue weighted by Gasteiger charge is -2.19. The smallest absolute Gasteiger partial charge is 0.257 e. The maximum atomic E-state index is 14.3. The first kappa shape index (κ1) is 41.6. The zero-order valence-corrected chi connectivity index (χ0v) is 33.0. The number of aryl methyl sites for hydroxylation is 2. The molecule has 12 nitrogen and oxygen atoms in total. The van der Waals surface area contributed by atoms with Crippen LogP contribution in [0.15, 0.2) is 82.3 Å². The van der Waals surface area contributed by atoms with Gasteiger partial charge in [-0.15, -0.1) is 0 Å². The van der Waals surface area contributed by atoms with Crippen molar-refractivity contribution in [2.45, 2.75) is 13.8 Å². The molecular formula is C43H40F4N7O5+. The van der Waals surface area contributed by atoms with Crippen molar-refractivity contribution in [2.75, 3.05) is 59.4 Å². The van der Waals surface area contributed by atoms with Crippen molar-refractivity contribution in [1.82, 2.24) is 15.2 Å². The van der Waals surface area contributed by atoms with Crippen molar-refractivity contribution >= 4 is 34.2 Å². The minimum absolute atomic E-state index is 0.189. The topological polar surface area (TPSA) is 145 Å². The summed E-state index contributed by atoms with van der Waals surface area (Å²) in [5.74, 6) is -8.10. The number of carbonyl (C=O) groups is 2. The second-order valence-corrected chi connectivity index (χ2v) is 14.0. The maximum Gasteiger partial charge on any atom is 0.257 e. The van der Waals surface area contributed by atoms with Gasteiger partial charge in [-0.3, -0.25) is 9.59 Å². The summed E-state index contributed by atoms with van der Waals surface area (Å²) in [7, 11) is 7.95. The highest BCUT2D eigenvalue weighted by Gasteiger charge is 2.29. The first-order valence-electron chi connectivity index (χ1n) is 18.3. The van der Waals surface area contributed by atoms with Crippen LogP contribution in [0, 0.1) is 37.1 Å².